The van der Waals surface area contributed by atoms with Crippen LogP contribution in [0.25, 0.3) is 0 Å². The topological polar surface area (TPSA) is 82.6 Å². The first-order valence-corrected chi connectivity index (χ1v) is 7.73. The predicted molar refractivity (Wildman–Crippen MR) is 84.9 cm³/mol. The van der Waals surface area contributed by atoms with Crippen LogP contribution >= 0.6 is 24.0 Å². The van der Waals surface area contributed by atoms with Crippen molar-refractivity contribution in [2.75, 3.05) is 26.4 Å². The first kappa shape index (κ1) is 17.9. The molecular weight excluding hydrogens is 367 g/mol. The maximum Gasteiger partial charge on any atom is 0.208 e. The van der Waals surface area contributed by atoms with Gasteiger partial charge in [-0.1, -0.05) is 6.92 Å². The average molecular weight is 390 g/mol. The second-order valence-electron chi connectivity index (χ2n) is 4.48. The molecule has 0 radical (unpaired) electrons. The van der Waals surface area contributed by atoms with Crippen LogP contribution in [0.4, 0.5) is 0 Å². The Morgan fingerprint density at radius 3 is 2.44 bits per heavy atom. The van der Waals surface area contributed by atoms with Crippen molar-refractivity contribution in [3.8, 4) is 0 Å². The number of guanidine groups is 1. The Morgan fingerprint density at radius 1 is 1.39 bits per heavy atom. The molecule has 0 aromatic carbocycles. The van der Waals surface area contributed by atoms with E-state index in [1.165, 1.54) is 6.42 Å². The number of nitrogens with zero attached hydrogens (tertiary/aromatic N) is 1. The van der Waals surface area contributed by atoms with Gasteiger partial charge in [0.15, 0.2) is 5.96 Å². The molecule has 0 aliphatic heterocycles. The van der Waals surface area contributed by atoms with Crippen LogP contribution in [-0.2, 0) is 10.0 Å². The van der Waals surface area contributed by atoms with Crippen molar-refractivity contribution in [1.29, 1.82) is 0 Å². The Hall–Kier alpha value is -0.0900. The van der Waals surface area contributed by atoms with Crippen LogP contribution in [0.3, 0.4) is 0 Å². The number of aliphatic imine (C=N–C) groups is 1. The van der Waals surface area contributed by atoms with Gasteiger partial charge < -0.3 is 10.6 Å². The molecule has 0 aromatic rings. The van der Waals surface area contributed by atoms with Gasteiger partial charge in [-0.05, 0) is 18.8 Å². The molecule has 6 nitrogen and oxygen atoms in total. The highest BCUT2D eigenvalue weighted by atomic mass is 127. The van der Waals surface area contributed by atoms with Gasteiger partial charge in [0.1, 0.15) is 0 Å². The Balaban J connectivity index is 0.00000289. The van der Waals surface area contributed by atoms with Crippen molar-refractivity contribution >= 4 is 40.0 Å². The Morgan fingerprint density at radius 2 is 2.00 bits per heavy atom. The second kappa shape index (κ2) is 8.16. The zero-order valence-corrected chi connectivity index (χ0v) is 14.2. The summed E-state index contributed by atoms with van der Waals surface area (Å²) in [4.78, 5) is 4.10. The van der Waals surface area contributed by atoms with E-state index in [4.69, 9.17) is 0 Å². The molecule has 0 amide bonds. The van der Waals surface area contributed by atoms with Gasteiger partial charge in [-0.25, -0.2) is 13.1 Å². The lowest BCUT2D eigenvalue weighted by molar-refractivity contribution is 0.584. The standard InChI is InChI=1S/C10H22N4O2S.HI/c1-8-7-9(8)14-10(11-2)12-5-4-6-13-17(3,15)16;/h8-9,13H,4-7H2,1-3H3,(H2,11,12,14);1H. The van der Waals surface area contributed by atoms with E-state index in [-0.39, 0.29) is 24.0 Å². The number of halogens is 1. The molecule has 108 valence electrons. The van der Waals surface area contributed by atoms with Crippen LogP contribution in [0.1, 0.15) is 19.8 Å². The number of hydrogen-bond acceptors (Lipinski definition) is 3. The van der Waals surface area contributed by atoms with Gasteiger partial charge >= 0.3 is 0 Å². The highest BCUT2D eigenvalue weighted by molar-refractivity contribution is 14.0. The first-order chi connectivity index (χ1) is 7.92. The Kier molecular flexibility index (Phi) is 8.11. The predicted octanol–water partition coefficient (Wildman–Crippen LogP) is 0.117. The molecule has 0 heterocycles. The highest BCUT2D eigenvalue weighted by Gasteiger charge is 2.32. The van der Waals surface area contributed by atoms with E-state index in [1.807, 2.05) is 0 Å². The zero-order valence-electron chi connectivity index (χ0n) is 11.1. The molecule has 0 spiro atoms. The minimum absolute atomic E-state index is 0. The summed E-state index contributed by atoms with van der Waals surface area (Å²) < 4.78 is 24.1. The molecule has 0 aromatic heterocycles. The van der Waals surface area contributed by atoms with Crippen molar-refractivity contribution in [2.45, 2.75) is 25.8 Å². The molecule has 1 aliphatic carbocycles. The van der Waals surface area contributed by atoms with Gasteiger partial charge in [0.2, 0.25) is 10.0 Å². The minimum Gasteiger partial charge on any atom is -0.356 e. The fraction of sp³-hybridized carbons (Fsp3) is 0.900. The van der Waals surface area contributed by atoms with Gasteiger partial charge in [0, 0.05) is 26.2 Å². The number of nitrogens with one attached hydrogen (secondary N) is 3. The highest BCUT2D eigenvalue weighted by Crippen LogP contribution is 2.28. The van der Waals surface area contributed by atoms with Crippen LogP contribution in [0.2, 0.25) is 0 Å². The maximum atomic E-state index is 10.8. The summed E-state index contributed by atoms with van der Waals surface area (Å²) in [5, 5.41) is 6.45. The number of sulfonamides is 1. The van der Waals surface area contributed by atoms with Crippen LogP contribution in [0.15, 0.2) is 4.99 Å². The molecule has 8 heteroatoms. The summed E-state index contributed by atoms with van der Waals surface area (Å²) in [6.07, 6.45) is 3.08. The van der Waals surface area contributed by atoms with Gasteiger partial charge in [0.25, 0.3) is 0 Å². The van der Waals surface area contributed by atoms with Crippen molar-refractivity contribution in [1.82, 2.24) is 15.4 Å². The van der Waals surface area contributed by atoms with Crippen LogP contribution < -0.4 is 15.4 Å². The summed E-state index contributed by atoms with van der Waals surface area (Å²) >= 11 is 0. The van der Waals surface area contributed by atoms with Crippen LogP contribution in [0.5, 0.6) is 0 Å². The number of hydrogen-bond donors (Lipinski definition) is 3. The molecule has 18 heavy (non-hydrogen) atoms. The Labute approximate surface area is 126 Å². The average Bonchev–Trinajstić information content (AvgIpc) is 2.90. The molecule has 1 fully saturated rings. The quantitative estimate of drug-likeness (QED) is 0.260. The summed E-state index contributed by atoms with van der Waals surface area (Å²) in [5.74, 6) is 1.51. The van der Waals surface area contributed by atoms with E-state index in [9.17, 15) is 8.42 Å². The molecule has 0 saturated heterocycles. The molecule has 2 atom stereocenters. The van der Waals surface area contributed by atoms with E-state index in [0.717, 1.165) is 24.6 Å². The third kappa shape index (κ3) is 8.09. The van der Waals surface area contributed by atoms with Crippen LogP contribution in [-0.4, -0.2) is 46.8 Å². The first-order valence-electron chi connectivity index (χ1n) is 5.84. The molecule has 1 saturated carbocycles. The van der Waals surface area contributed by atoms with E-state index in [2.05, 4.69) is 27.3 Å². The maximum absolute atomic E-state index is 10.8. The summed E-state index contributed by atoms with van der Waals surface area (Å²) in [6, 6.07) is 0.537. The lowest BCUT2D eigenvalue weighted by Crippen LogP contribution is -2.40. The van der Waals surface area contributed by atoms with E-state index in [1.54, 1.807) is 7.05 Å². The Bertz CT molecular complexity index is 372. The lowest BCUT2D eigenvalue weighted by Gasteiger charge is -2.11. The minimum atomic E-state index is -3.07. The molecule has 2 unspecified atom stereocenters. The fourth-order valence-corrected chi connectivity index (χ4v) is 1.96. The third-order valence-corrected chi connectivity index (χ3v) is 3.39. The van der Waals surface area contributed by atoms with Gasteiger partial charge in [-0.2, -0.15) is 0 Å². The summed E-state index contributed by atoms with van der Waals surface area (Å²) in [5.41, 5.74) is 0. The second-order valence-corrected chi connectivity index (χ2v) is 6.32. The molecular formula is C10H23IN4O2S. The SMILES string of the molecule is CN=C(NCCCNS(C)(=O)=O)NC1CC1C.I. The van der Waals surface area contributed by atoms with E-state index >= 15 is 0 Å². The summed E-state index contributed by atoms with van der Waals surface area (Å²) in [6.45, 7) is 3.34. The van der Waals surface area contributed by atoms with Gasteiger partial charge in [-0.15, -0.1) is 24.0 Å². The van der Waals surface area contributed by atoms with E-state index < -0.39 is 10.0 Å². The van der Waals surface area contributed by atoms with Gasteiger partial charge in [0.05, 0.1) is 6.26 Å². The van der Waals surface area contributed by atoms with Crippen LogP contribution in [0, 0.1) is 5.92 Å². The van der Waals surface area contributed by atoms with Crippen molar-refractivity contribution < 1.29 is 8.42 Å². The molecule has 0 bridgehead atoms. The molecule has 1 rings (SSSR count). The van der Waals surface area contributed by atoms with Crippen molar-refractivity contribution in [2.24, 2.45) is 10.9 Å². The normalized spacial score (nSPS) is 23.2. The third-order valence-electron chi connectivity index (χ3n) is 2.67. The van der Waals surface area contributed by atoms with Crippen molar-refractivity contribution in [3.05, 3.63) is 0 Å². The zero-order chi connectivity index (χ0) is 12.9. The smallest absolute Gasteiger partial charge is 0.208 e. The van der Waals surface area contributed by atoms with Gasteiger partial charge in [-0.3, -0.25) is 4.99 Å². The number of rotatable bonds is 6. The largest absolute Gasteiger partial charge is 0.356 e. The fourth-order valence-electron chi connectivity index (χ4n) is 1.45. The molecule has 1 aliphatic rings. The molecule has 3 N–H and O–H groups in total. The van der Waals surface area contributed by atoms with E-state index in [0.29, 0.717) is 19.1 Å². The summed E-state index contributed by atoms with van der Waals surface area (Å²) in [7, 11) is -1.34. The van der Waals surface area contributed by atoms with Crippen molar-refractivity contribution in [3.63, 3.8) is 0 Å². The monoisotopic (exact) mass is 390 g/mol. The lowest BCUT2D eigenvalue weighted by atomic mass is 10.4.